The van der Waals surface area contributed by atoms with Gasteiger partial charge in [-0.3, -0.25) is 4.79 Å². The second-order valence-electron chi connectivity index (χ2n) is 5.25. The van der Waals surface area contributed by atoms with Crippen molar-refractivity contribution in [2.45, 2.75) is 17.7 Å². The third-order valence-electron chi connectivity index (χ3n) is 3.67. The fourth-order valence-electron chi connectivity index (χ4n) is 2.51. The van der Waals surface area contributed by atoms with Crippen molar-refractivity contribution in [3.63, 3.8) is 0 Å². The van der Waals surface area contributed by atoms with Gasteiger partial charge in [0, 0.05) is 17.7 Å². The molecule has 1 amide bonds. The summed E-state index contributed by atoms with van der Waals surface area (Å²) in [6.07, 6.45) is 1.83. The van der Waals surface area contributed by atoms with Crippen molar-refractivity contribution in [1.82, 2.24) is 5.01 Å². The highest BCUT2D eigenvalue weighted by Crippen LogP contribution is 2.20. The van der Waals surface area contributed by atoms with E-state index in [4.69, 9.17) is 0 Å². The minimum Gasteiger partial charge on any atom is -0.272 e. The van der Waals surface area contributed by atoms with Gasteiger partial charge in [-0.25, -0.2) is 5.01 Å². The second kappa shape index (κ2) is 6.88. The molecule has 3 rings (SSSR count). The topological polar surface area (TPSA) is 32.7 Å². The van der Waals surface area contributed by atoms with Crippen LogP contribution in [0.4, 0.5) is 0 Å². The summed E-state index contributed by atoms with van der Waals surface area (Å²) >= 11 is 3.44. The number of carbonyl (C=O) groups excluding carboxylic acids is 1. The summed E-state index contributed by atoms with van der Waals surface area (Å²) in [5.74, 6) is 0.0376. The number of piperidine rings is 1. The smallest absolute Gasteiger partial charge is 0.256 e. The number of hydrogen-bond acceptors (Lipinski definition) is 2. The van der Waals surface area contributed by atoms with E-state index >= 15 is 0 Å². The Kier molecular flexibility index (Phi) is 4.68. The fraction of sp³-hybridized carbons (Fsp3) is 0.222. The van der Waals surface area contributed by atoms with E-state index in [1.165, 1.54) is 0 Å². The zero-order chi connectivity index (χ0) is 15.4. The fourth-order valence-corrected chi connectivity index (χ4v) is 3.07. The lowest BCUT2D eigenvalue weighted by molar-refractivity contribution is -0.132. The standard InChI is InChI=1S/C18H17BrN2O/c19-16-12-7-13-21(18(16)22)20-17(14-8-3-1-4-9-14)15-10-5-2-6-11-15/h1-6,8-11,16H,7,12-13H2. The Balaban J connectivity index is 2.02. The van der Waals surface area contributed by atoms with Crippen molar-refractivity contribution < 1.29 is 4.79 Å². The van der Waals surface area contributed by atoms with Gasteiger partial charge >= 0.3 is 0 Å². The van der Waals surface area contributed by atoms with Crippen molar-refractivity contribution in [3.8, 4) is 0 Å². The van der Waals surface area contributed by atoms with E-state index in [1.807, 2.05) is 60.7 Å². The van der Waals surface area contributed by atoms with Gasteiger partial charge in [0.15, 0.2) is 0 Å². The van der Waals surface area contributed by atoms with Crippen molar-refractivity contribution >= 4 is 27.5 Å². The van der Waals surface area contributed by atoms with Gasteiger partial charge in [-0.1, -0.05) is 76.6 Å². The molecule has 1 heterocycles. The Morgan fingerprint density at radius 1 is 1.00 bits per heavy atom. The number of halogens is 1. The minimum absolute atomic E-state index is 0.0376. The molecule has 3 nitrogen and oxygen atoms in total. The van der Waals surface area contributed by atoms with E-state index < -0.39 is 0 Å². The Bertz CT molecular complexity index is 629. The lowest BCUT2D eigenvalue weighted by Crippen LogP contribution is -2.39. The summed E-state index contributed by atoms with van der Waals surface area (Å²) in [4.78, 5) is 12.2. The molecular formula is C18H17BrN2O. The summed E-state index contributed by atoms with van der Waals surface area (Å²) in [5, 5.41) is 6.27. The monoisotopic (exact) mass is 356 g/mol. The summed E-state index contributed by atoms with van der Waals surface area (Å²) in [6, 6.07) is 20.0. The lowest BCUT2D eigenvalue weighted by Gasteiger charge is -2.26. The molecule has 1 aliphatic rings. The molecule has 1 fully saturated rings. The molecule has 0 bridgehead atoms. The molecule has 2 aromatic carbocycles. The van der Waals surface area contributed by atoms with Crippen LogP contribution >= 0.6 is 15.9 Å². The van der Waals surface area contributed by atoms with Crippen molar-refractivity contribution in [1.29, 1.82) is 0 Å². The largest absolute Gasteiger partial charge is 0.272 e. The van der Waals surface area contributed by atoms with Crippen LogP contribution in [-0.2, 0) is 4.79 Å². The van der Waals surface area contributed by atoms with Gasteiger partial charge in [0.2, 0.25) is 0 Å². The number of alkyl halides is 1. The van der Waals surface area contributed by atoms with E-state index in [0.717, 1.165) is 29.7 Å². The molecule has 0 aliphatic carbocycles. The van der Waals surface area contributed by atoms with Gasteiger partial charge < -0.3 is 0 Å². The number of carbonyl (C=O) groups is 1. The SMILES string of the molecule is O=C1C(Br)CCCN1N=C(c1ccccc1)c1ccccc1. The molecule has 112 valence electrons. The van der Waals surface area contributed by atoms with E-state index in [1.54, 1.807) is 5.01 Å². The Labute approximate surface area is 138 Å². The van der Waals surface area contributed by atoms with Gasteiger partial charge in [0.05, 0.1) is 10.5 Å². The van der Waals surface area contributed by atoms with Gasteiger partial charge in [0.25, 0.3) is 5.91 Å². The van der Waals surface area contributed by atoms with Crippen LogP contribution < -0.4 is 0 Å². The average Bonchev–Trinajstić information content (AvgIpc) is 2.58. The molecule has 2 aromatic rings. The number of rotatable bonds is 3. The van der Waals surface area contributed by atoms with Crippen molar-refractivity contribution in [2.75, 3.05) is 6.54 Å². The predicted octanol–water partition coefficient (Wildman–Crippen LogP) is 3.82. The number of benzene rings is 2. The molecule has 4 heteroatoms. The zero-order valence-electron chi connectivity index (χ0n) is 12.2. The van der Waals surface area contributed by atoms with Crippen LogP contribution in [0.5, 0.6) is 0 Å². The van der Waals surface area contributed by atoms with Crippen LogP contribution in [0, 0.1) is 0 Å². The summed E-state index contributed by atoms with van der Waals surface area (Å²) < 4.78 is 0. The number of amides is 1. The van der Waals surface area contributed by atoms with E-state index in [9.17, 15) is 4.79 Å². The van der Waals surface area contributed by atoms with E-state index in [-0.39, 0.29) is 10.7 Å². The third-order valence-corrected chi connectivity index (χ3v) is 4.51. The third kappa shape index (κ3) is 3.28. The minimum atomic E-state index is -0.127. The molecule has 0 radical (unpaired) electrons. The van der Waals surface area contributed by atoms with Gasteiger partial charge in [-0.05, 0) is 12.8 Å². The van der Waals surface area contributed by atoms with Gasteiger partial charge in [-0.15, -0.1) is 0 Å². The Hall–Kier alpha value is -1.94. The van der Waals surface area contributed by atoms with Gasteiger partial charge in [0.1, 0.15) is 0 Å². The molecule has 0 saturated carbocycles. The summed E-state index contributed by atoms with van der Waals surface area (Å²) in [7, 11) is 0. The zero-order valence-corrected chi connectivity index (χ0v) is 13.7. The molecule has 1 unspecified atom stereocenters. The maximum absolute atomic E-state index is 12.3. The van der Waals surface area contributed by atoms with Crippen LogP contribution in [0.1, 0.15) is 24.0 Å². The highest BCUT2D eigenvalue weighted by atomic mass is 79.9. The van der Waals surface area contributed by atoms with Crippen LogP contribution in [-0.4, -0.2) is 28.0 Å². The number of hydrazone groups is 1. The molecular weight excluding hydrogens is 340 g/mol. The van der Waals surface area contributed by atoms with E-state index in [0.29, 0.717) is 6.54 Å². The Morgan fingerprint density at radius 2 is 1.55 bits per heavy atom. The first-order valence-electron chi connectivity index (χ1n) is 7.40. The van der Waals surface area contributed by atoms with Crippen LogP contribution in [0.15, 0.2) is 65.8 Å². The molecule has 0 N–H and O–H groups in total. The average molecular weight is 357 g/mol. The first kappa shape index (κ1) is 15.0. The molecule has 1 saturated heterocycles. The summed E-state index contributed by atoms with van der Waals surface area (Å²) in [5.41, 5.74) is 2.85. The van der Waals surface area contributed by atoms with Crippen LogP contribution in [0.2, 0.25) is 0 Å². The van der Waals surface area contributed by atoms with Crippen LogP contribution in [0.25, 0.3) is 0 Å². The first-order chi connectivity index (χ1) is 10.8. The highest BCUT2D eigenvalue weighted by molar-refractivity contribution is 9.10. The second-order valence-corrected chi connectivity index (χ2v) is 6.36. The Morgan fingerprint density at radius 3 is 2.09 bits per heavy atom. The molecule has 1 atom stereocenters. The molecule has 0 spiro atoms. The normalized spacial score (nSPS) is 18.1. The van der Waals surface area contributed by atoms with Crippen LogP contribution in [0.3, 0.4) is 0 Å². The van der Waals surface area contributed by atoms with E-state index in [2.05, 4.69) is 21.0 Å². The molecule has 22 heavy (non-hydrogen) atoms. The lowest BCUT2D eigenvalue weighted by atomic mass is 10.0. The quantitative estimate of drug-likeness (QED) is 0.607. The maximum atomic E-state index is 12.3. The maximum Gasteiger partial charge on any atom is 0.256 e. The molecule has 1 aliphatic heterocycles. The van der Waals surface area contributed by atoms with Crippen molar-refractivity contribution in [2.24, 2.45) is 5.10 Å². The molecule has 0 aromatic heterocycles. The first-order valence-corrected chi connectivity index (χ1v) is 8.32. The number of hydrogen-bond donors (Lipinski definition) is 0. The van der Waals surface area contributed by atoms with Gasteiger partial charge in [-0.2, -0.15) is 5.10 Å². The number of nitrogens with zero attached hydrogens (tertiary/aromatic N) is 2. The highest BCUT2D eigenvalue weighted by Gasteiger charge is 2.27. The predicted molar refractivity (Wildman–Crippen MR) is 92.2 cm³/mol. The van der Waals surface area contributed by atoms with Crippen molar-refractivity contribution in [3.05, 3.63) is 71.8 Å². The summed E-state index contributed by atoms with van der Waals surface area (Å²) in [6.45, 7) is 0.671.